The highest BCUT2D eigenvalue weighted by Gasteiger charge is 2.14. The first-order valence-corrected chi connectivity index (χ1v) is 8.96. The zero-order valence-electron chi connectivity index (χ0n) is 15.4. The molecule has 0 fully saturated rings. The van der Waals surface area contributed by atoms with E-state index in [-0.39, 0.29) is 16.9 Å². The van der Waals surface area contributed by atoms with Gasteiger partial charge in [-0.15, -0.1) is 0 Å². The molecule has 0 aliphatic heterocycles. The van der Waals surface area contributed by atoms with Crippen LogP contribution in [0.25, 0.3) is 22.2 Å². The third kappa shape index (κ3) is 3.91. The SMILES string of the molecule is O=C(N/N=C/c1c(F)cccc1F)c1cc(-c2ccc(F)cc2)nc2ccccc12. The third-order valence-corrected chi connectivity index (χ3v) is 4.46. The van der Waals surface area contributed by atoms with Crippen molar-refractivity contribution in [2.24, 2.45) is 5.10 Å². The van der Waals surface area contributed by atoms with E-state index >= 15 is 0 Å². The van der Waals surface area contributed by atoms with Crippen molar-refractivity contribution in [2.75, 3.05) is 0 Å². The number of fused-ring (bicyclic) bond motifs is 1. The van der Waals surface area contributed by atoms with E-state index in [2.05, 4.69) is 15.5 Å². The minimum Gasteiger partial charge on any atom is -0.267 e. The van der Waals surface area contributed by atoms with Crippen LogP contribution in [0.2, 0.25) is 0 Å². The summed E-state index contributed by atoms with van der Waals surface area (Å²) in [4.78, 5) is 17.3. The van der Waals surface area contributed by atoms with Crippen molar-refractivity contribution in [2.45, 2.75) is 0 Å². The summed E-state index contributed by atoms with van der Waals surface area (Å²) >= 11 is 0. The molecule has 3 aromatic carbocycles. The lowest BCUT2D eigenvalue weighted by atomic mass is 10.0. The Bertz CT molecular complexity index is 1250. The van der Waals surface area contributed by atoms with Crippen molar-refractivity contribution in [1.29, 1.82) is 0 Å². The minimum absolute atomic E-state index is 0.270. The number of pyridine rings is 1. The molecule has 0 aliphatic rings. The van der Waals surface area contributed by atoms with E-state index in [1.165, 1.54) is 18.2 Å². The third-order valence-electron chi connectivity index (χ3n) is 4.46. The summed E-state index contributed by atoms with van der Waals surface area (Å²) < 4.78 is 40.6. The predicted molar refractivity (Wildman–Crippen MR) is 109 cm³/mol. The molecule has 1 N–H and O–H groups in total. The highest BCUT2D eigenvalue weighted by molar-refractivity contribution is 6.07. The molecule has 1 heterocycles. The predicted octanol–water partition coefficient (Wildman–Crippen LogP) is 5.08. The molecule has 4 nitrogen and oxygen atoms in total. The van der Waals surface area contributed by atoms with Gasteiger partial charge in [0.2, 0.25) is 0 Å². The van der Waals surface area contributed by atoms with Crippen LogP contribution in [-0.4, -0.2) is 17.1 Å². The second kappa shape index (κ2) is 8.16. The molecule has 0 saturated carbocycles. The number of hydrogen-bond acceptors (Lipinski definition) is 3. The number of nitrogens with one attached hydrogen (secondary N) is 1. The molecular weight excluding hydrogens is 391 g/mol. The Morgan fingerprint density at radius 2 is 1.60 bits per heavy atom. The lowest BCUT2D eigenvalue weighted by Gasteiger charge is -2.09. The molecule has 0 bridgehead atoms. The normalized spacial score (nSPS) is 11.2. The first-order chi connectivity index (χ1) is 14.5. The smallest absolute Gasteiger partial charge is 0.267 e. The van der Waals surface area contributed by atoms with Crippen molar-refractivity contribution in [3.05, 3.63) is 101 Å². The molecule has 148 valence electrons. The molecule has 1 aromatic heterocycles. The van der Waals surface area contributed by atoms with E-state index in [1.54, 1.807) is 42.5 Å². The monoisotopic (exact) mass is 405 g/mol. The first-order valence-electron chi connectivity index (χ1n) is 8.96. The molecule has 4 aromatic rings. The topological polar surface area (TPSA) is 54.4 Å². The molecule has 1 amide bonds. The number of hydrogen-bond donors (Lipinski definition) is 1. The zero-order valence-corrected chi connectivity index (χ0v) is 15.4. The summed E-state index contributed by atoms with van der Waals surface area (Å²) in [5.74, 6) is -2.54. The van der Waals surface area contributed by atoms with Crippen molar-refractivity contribution in [3.63, 3.8) is 0 Å². The molecule has 0 saturated heterocycles. The number of nitrogens with zero attached hydrogens (tertiary/aromatic N) is 2. The van der Waals surface area contributed by atoms with Crippen LogP contribution in [0.5, 0.6) is 0 Å². The van der Waals surface area contributed by atoms with Crippen LogP contribution >= 0.6 is 0 Å². The number of carbonyl (C=O) groups excluding carboxylic acids is 1. The molecule has 0 spiro atoms. The maximum Gasteiger partial charge on any atom is 0.272 e. The second-order valence-corrected chi connectivity index (χ2v) is 6.41. The fourth-order valence-electron chi connectivity index (χ4n) is 2.98. The van der Waals surface area contributed by atoms with Gasteiger partial charge in [0.1, 0.15) is 17.5 Å². The Hall–Kier alpha value is -4.00. The fraction of sp³-hybridized carbons (Fsp3) is 0. The van der Waals surface area contributed by atoms with Crippen molar-refractivity contribution >= 4 is 23.0 Å². The maximum absolute atomic E-state index is 13.7. The Kier molecular flexibility index (Phi) is 5.26. The van der Waals surface area contributed by atoms with Gasteiger partial charge in [-0.1, -0.05) is 24.3 Å². The van der Waals surface area contributed by atoms with Crippen molar-refractivity contribution < 1.29 is 18.0 Å². The molecule has 4 rings (SSSR count). The van der Waals surface area contributed by atoms with Crippen LogP contribution in [-0.2, 0) is 0 Å². The number of benzene rings is 3. The number of para-hydroxylation sites is 1. The van der Waals surface area contributed by atoms with Gasteiger partial charge in [0.15, 0.2) is 0 Å². The van der Waals surface area contributed by atoms with E-state index in [0.29, 0.717) is 22.2 Å². The van der Waals surface area contributed by atoms with Crippen LogP contribution in [0.15, 0.2) is 77.9 Å². The van der Waals surface area contributed by atoms with E-state index in [9.17, 15) is 18.0 Å². The number of aromatic nitrogens is 1. The highest BCUT2D eigenvalue weighted by atomic mass is 19.1. The molecule has 0 radical (unpaired) electrons. The number of carbonyl (C=O) groups is 1. The van der Waals surface area contributed by atoms with Crippen LogP contribution in [0.4, 0.5) is 13.2 Å². The number of hydrazone groups is 1. The zero-order chi connectivity index (χ0) is 21.1. The summed E-state index contributed by atoms with van der Waals surface area (Å²) in [7, 11) is 0. The molecule has 0 unspecified atom stereocenters. The van der Waals surface area contributed by atoms with E-state index in [1.807, 2.05) is 0 Å². The average molecular weight is 405 g/mol. The van der Waals surface area contributed by atoms with Crippen LogP contribution in [0, 0.1) is 17.5 Å². The van der Waals surface area contributed by atoms with Gasteiger partial charge in [0, 0.05) is 10.9 Å². The van der Waals surface area contributed by atoms with Gasteiger partial charge in [-0.3, -0.25) is 4.79 Å². The number of rotatable bonds is 4. The Morgan fingerprint density at radius 3 is 2.33 bits per heavy atom. The van der Waals surface area contributed by atoms with Gasteiger partial charge in [0.05, 0.1) is 28.6 Å². The van der Waals surface area contributed by atoms with Crippen LogP contribution in [0.1, 0.15) is 15.9 Å². The largest absolute Gasteiger partial charge is 0.272 e. The maximum atomic E-state index is 13.7. The average Bonchev–Trinajstić information content (AvgIpc) is 2.75. The van der Waals surface area contributed by atoms with Gasteiger partial charge in [-0.25, -0.2) is 23.6 Å². The summed E-state index contributed by atoms with van der Waals surface area (Å²) in [6.07, 6.45) is 0.910. The summed E-state index contributed by atoms with van der Waals surface area (Å²) in [6, 6.07) is 17.7. The van der Waals surface area contributed by atoms with E-state index in [4.69, 9.17) is 0 Å². The Labute approximate surface area is 169 Å². The lowest BCUT2D eigenvalue weighted by molar-refractivity contribution is 0.0956. The summed E-state index contributed by atoms with van der Waals surface area (Å²) in [5, 5.41) is 4.26. The fourth-order valence-corrected chi connectivity index (χ4v) is 2.98. The van der Waals surface area contributed by atoms with Crippen LogP contribution < -0.4 is 5.43 Å². The number of halogens is 3. The number of amides is 1. The molecule has 0 atom stereocenters. The van der Waals surface area contributed by atoms with Gasteiger partial charge >= 0.3 is 0 Å². The van der Waals surface area contributed by atoms with Crippen molar-refractivity contribution in [1.82, 2.24) is 10.4 Å². The second-order valence-electron chi connectivity index (χ2n) is 6.41. The quantitative estimate of drug-likeness (QED) is 0.380. The van der Waals surface area contributed by atoms with Crippen molar-refractivity contribution in [3.8, 4) is 11.3 Å². The van der Waals surface area contributed by atoms with Crippen LogP contribution in [0.3, 0.4) is 0 Å². The standard InChI is InChI=1S/C23H14F3N3O/c24-15-10-8-14(9-11-15)22-12-17(16-4-1-2-7-21(16)28-22)23(30)29-27-13-18-19(25)5-3-6-20(18)26/h1-13H,(H,29,30)/b27-13+. The first kappa shape index (κ1) is 19.3. The van der Waals surface area contributed by atoms with Gasteiger partial charge in [-0.05, 0) is 48.5 Å². The minimum atomic E-state index is -0.791. The molecule has 30 heavy (non-hydrogen) atoms. The summed E-state index contributed by atoms with van der Waals surface area (Å²) in [6.45, 7) is 0. The van der Waals surface area contributed by atoms with Gasteiger partial charge in [0.25, 0.3) is 5.91 Å². The van der Waals surface area contributed by atoms with E-state index < -0.39 is 17.5 Å². The Morgan fingerprint density at radius 1 is 0.900 bits per heavy atom. The van der Waals surface area contributed by atoms with Gasteiger partial charge < -0.3 is 0 Å². The summed E-state index contributed by atoms with van der Waals surface area (Å²) in [5.41, 5.74) is 3.87. The van der Waals surface area contributed by atoms with E-state index in [0.717, 1.165) is 18.3 Å². The molecule has 0 aliphatic carbocycles. The highest BCUT2D eigenvalue weighted by Crippen LogP contribution is 2.25. The molecule has 7 heteroatoms. The lowest BCUT2D eigenvalue weighted by Crippen LogP contribution is -2.18. The van der Waals surface area contributed by atoms with Gasteiger partial charge in [-0.2, -0.15) is 5.10 Å². The molecular formula is C23H14F3N3O. The Balaban J connectivity index is 1.69.